The number of nitrogen functional groups attached to an aromatic ring is 1. The third-order valence-corrected chi connectivity index (χ3v) is 2.87. The Labute approximate surface area is 119 Å². The summed E-state index contributed by atoms with van der Waals surface area (Å²) in [6.07, 6.45) is 3.56. The molecule has 3 N–H and O–H groups in total. The van der Waals surface area contributed by atoms with Gasteiger partial charge in [0.25, 0.3) is 0 Å². The second kappa shape index (κ2) is 6.84. The van der Waals surface area contributed by atoms with Gasteiger partial charge in [0.1, 0.15) is 11.5 Å². The van der Waals surface area contributed by atoms with Gasteiger partial charge in [-0.15, -0.1) is 0 Å². The van der Waals surface area contributed by atoms with E-state index in [4.69, 9.17) is 14.9 Å². The summed E-state index contributed by atoms with van der Waals surface area (Å²) in [5.74, 6) is 2.28. The minimum absolute atomic E-state index is 0.539. The number of benzene rings is 1. The maximum atomic E-state index is 5.88. The molecule has 1 heterocycles. The first-order chi connectivity index (χ1) is 9.72. The van der Waals surface area contributed by atoms with Gasteiger partial charge in [0.05, 0.1) is 25.0 Å². The number of oxazole rings is 1. The van der Waals surface area contributed by atoms with Gasteiger partial charge in [-0.1, -0.05) is 13.8 Å². The minimum atomic E-state index is 0.539. The zero-order valence-corrected chi connectivity index (χ0v) is 12.0. The molecular formula is C15H21N3O2. The summed E-state index contributed by atoms with van der Waals surface area (Å²) in [6, 6.07) is 5.65. The molecule has 0 saturated heterocycles. The second-order valence-corrected chi connectivity index (χ2v) is 4.53. The molecule has 0 amide bonds. The van der Waals surface area contributed by atoms with E-state index in [-0.39, 0.29) is 0 Å². The van der Waals surface area contributed by atoms with E-state index in [0.717, 1.165) is 24.3 Å². The smallest absolute Gasteiger partial charge is 0.213 e. The van der Waals surface area contributed by atoms with Crippen LogP contribution in [0.5, 0.6) is 5.75 Å². The minimum Gasteiger partial charge on any atom is -0.491 e. The number of rotatable bonds is 7. The SMILES string of the molecule is CCCOc1cc(NCc2ncc(CC)o2)ccc1N. The molecule has 1 aromatic heterocycles. The summed E-state index contributed by atoms with van der Waals surface area (Å²) in [5, 5.41) is 3.25. The van der Waals surface area contributed by atoms with Crippen LogP contribution in [-0.4, -0.2) is 11.6 Å². The highest BCUT2D eigenvalue weighted by molar-refractivity contribution is 5.61. The Morgan fingerprint density at radius 3 is 2.90 bits per heavy atom. The molecule has 5 heteroatoms. The van der Waals surface area contributed by atoms with E-state index in [1.807, 2.05) is 25.1 Å². The molecule has 108 valence electrons. The Kier molecular flexibility index (Phi) is 4.87. The van der Waals surface area contributed by atoms with Gasteiger partial charge in [0.2, 0.25) is 5.89 Å². The first-order valence-electron chi connectivity index (χ1n) is 6.92. The van der Waals surface area contributed by atoms with Crippen LogP contribution in [0.3, 0.4) is 0 Å². The highest BCUT2D eigenvalue weighted by Crippen LogP contribution is 2.26. The summed E-state index contributed by atoms with van der Waals surface area (Å²) >= 11 is 0. The Morgan fingerprint density at radius 2 is 2.20 bits per heavy atom. The monoisotopic (exact) mass is 275 g/mol. The quantitative estimate of drug-likeness (QED) is 0.759. The summed E-state index contributed by atoms with van der Waals surface area (Å²) < 4.78 is 11.1. The van der Waals surface area contributed by atoms with E-state index in [1.165, 1.54) is 0 Å². The van der Waals surface area contributed by atoms with Crippen molar-refractivity contribution in [1.29, 1.82) is 0 Å². The van der Waals surface area contributed by atoms with Crippen molar-refractivity contribution in [3.8, 4) is 5.75 Å². The number of aromatic nitrogens is 1. The predicted octanol–water partition coefficient (Wildman–Crippen LogP) is 3.22. The summed E-state index contributed by atoms with van der Waals surface area (Å²) in [7, 11) is 0. The zero-order valence-electron chi connectivity index (χ0n) is 12.0. The molecule has 0 bridgehead atoms. The van der Waals surface area contributed by atoms with Gasteiger partial charge < -0.3 is 20.2 Å². The Hall–Kier alpha value is -2.17. The molecule has 0 radical (unpaired) electrons. The van der Waals surface area contributed by atoms with Crippen molar-refractivity contribution in [2.45, 2.75) is 33.2 Å². The fourth-order valence-corrected chi connectivity index (χ4v) is 1.75. The van der Waals surface area contributed by atoms with Gasteiger partial charge in [-0.05, 0) is 18.6 Å². The molecule has 2 rings (SSSR count). The van der Waals surface area contributed by atoms with Crippen LogP contribution in [0, 0.1) is 0 Å². The Balaban J connectivity index is 1.98. The number of hydrogen-bond donors (Lipinski definition) is 2. The molecule has 1 aromatic carbocycles. The van der Waals surface area contributed by atoms with Crippen molar-refractivity contribution in [1.82, 2.24) is 4.98 Å². The molecule has 0 fully saturated rings. The van der Waals surface area contributed by atoms with Crippen molar-refractivity contribution in [3.63, 3.8) is 0 Å². The molecule has 0 saturated carbocycles. The van der Waals surface area contributed by atoms with Crippen LogP contribution in [0.4, 0.5) is 11.4 Å². The number of nitrogens with zero attached hydrogens (tertiary/aromatic N) is 1. The van der Waals surface area contributed by atoms with E-state index in [0.29, 0.717) is 30.5 Å². The standard InChI is InChI=1S/C15H21N3O2/c1-3-7-19-14-8-11(5-6-13(14)16)17-10-15-18-9-12(4-2)20-15/h5-6,8-9,17H,3-4,7,10,16H2,1-2H3. The van der Waals surface area contributed by atoms with Crippen LogP contribution in [0.1, 0.15) is 31.9 Å². The van der Waals surface area contributed by atoms with Crippen LogP contribution in [0.2, 0.25) is 0 Å². The molecule has 0 aliphatic carbocycles. The molecule has 0 unspecified atom stereocenters. The highest BCUT2D eigenvalue weighted by Gasteiger charge is 2.05. The third kappa shape index (κ3) is 3.66. The molecular weight excluding hydrogens is 254 g/mol. The van der Waals surface area contributed by atoms with Crippen molar-refractivity contribution in [2.24, 2.45) is 0 Å². The summed E-state index contributed by atoms with van der Waals surface area (Å²) in [5.41, 5.74) is 7.45. The van der Waals surface area contributed by atoms with Crippen LogP contribution in [0.25, 0.3) is 0 Å². The fourth-order valence-electron chi connectivity index (χ4n) is 1.75. The molecule has 5 nitrogen and oxygen atoms in total. The molecule has 0 aliphatic rings. The topological polar surface area (TPSA) is 73.3 Å². The Morgan fingerprint density at radius 1 is 1.35 bits per heavy atom. The van der Waals surface area contributed by atoms with Gasteiger partial charge in [0, 0.05) is 18.2 Å². The Bertz CT molecular complexity index is 552. The summed E-state index contributed by atoms with van der Waals surface area (Å²) in [6.45, 7) is 5.30. The van der Waals surface area contributed by atoms with Crippen LogP contribution < -0.4 is 15.8 Å². The second-order valence-electron chi connectivity index (χ2n) is 4.53. The number of ether oxygens (including phenoxy) is 1. The normalized spacial score (nSPS) is 10.5. The highest BCUT2D eigenvalue weighted by atomic mass is 16.5. The predicted molar refractivity (Wildman–Crippen MR) is 79.8 cm³/mol. The van der Waals surface area contributed by atoms with Gasteiger partial charge in [-0.3, -0.25) is 0 Å². The number of nitrogens with two attached hydrogens (primary N) is 1. The van der Waals surface area contributed by atoms with E-state index in [1.54, 1.807) is 6.20 Å². The van der Waals surface area contributed by atoms with Crippen LogP contribution in [-0.2, 0) is 13.0 Å². The lowest BCUT2D eigenvalue weighted by atomic mass is 10.2. The van der Waals surface area contributed by atoms with Gasteiger partial charge in [0.15, 0.2) is 0 Å². The van der Waals surface area contributed by atoms with Gasteiger partial charge >= 0.3 is 0 Å². The fraction of sp³-hybridized carbons (Fsp3) is 0.400. The van der Waals surface area contributed by atoms with Gasteiger partial charge in [-0.2, -0.15) is 0 Å². The first kappa shape index (κ1) is 14.2. The largest absolute Gasteiger partial charge is 0.491 e. The zero-order chi connectivity index (χ0) is 14.4. The maximum absolute atomic E-state index is 5.88. The molecule has 20 heavy (non-hydrogen) atoms. The van der Waals surface area contributed by atoms with Crippen molar-refractivity contribution in [2.75, 3.05) is 17.7 Å². The van der Waals surface area contributed by atoms with Crippen molar-refractivity contribution in [3.05, 3.63) is 36.0 Å². The van der Waals surface area contributed by atoms with E-state index in [2.05, 4.69) is 17.2 Å². The third-order valence-electron chi connectivity index (χ3n) is 2.87. The van der Waals surface area contributed by atoms with E-state index >= 15 is 0 Å². The molecule has 0 atom stereocenters. The van der Waals surface area contributed by atoms with E-state index in [9.17, 15) is 0 Å². The average Bonchev–Trinajstić information content (AvgIpc) is 2.93. The molecule has 0 spiro atoms. The molecule has 2 aromatic rings. The number of nitrogens with one attached hydrogen (secondary N) is 1. The molecule has 0 aliphatic heterocycles. The lowest BCUT2D eigenvalue weighted by Gasteiger charge is -2.10. The maximum Gasteiger partial charge on any atom is 0.213 e. The van der Waals surface area contributed by atoms with Crippen molar-refractivity contribution < 1.29 is 9.15 Å². The lowest BCUT2D eigenvalue weighted by Crippen LogP contribution is -2.02. The number of aryl methyl sites for hydroxylation is 1. The number of anilines is 2. The van der Waals surface area contributed by atoms with Crippen molar-refractivity contribution >= 4 is 11.4 Å². The lowest BCUT2D eigenvalue weighted by molar-refractivity contribution is 0.319. The van der Waals surface area contributed by atoms with Crippen LogP contribution >= 0.6 is 0 Å². The van der Waals surface area contributed by atoms with Gasteiger partial charge in [-0.25, -0.2) is 4.98 Å². The van der Waals surface area contributed by atoms with Crippen LogP contribution in [0.15, 0.2) is 28.8 Å². The number of hydrogen-bond acceptors (Lipinski definition) is 5. The first-order valence-corrected chi connectivity index (χ1v) is 6.92. The average molecular weight is 275 g/mol. The van der Waals surface area contributed by atoms with E-state index < -0.39 is 0 Å². The summed E-state index contributed by atoms with van der Waals surface area (Å²) in [4.78, 5) is 4.21.